The van der Waals surface area contributed by atoms with Crippen molar-refractivity contribution in [3.8, 4) is 11.6 Å². The number of aliphatic hydroxyl groups excluding tert-OH is 4. The lowest BCUT2D eigenvalue weighted by Crippen LogP contribution is -2.60. The number of carbonyl (C=O) groups is 1. The van der Waals surface area contributed by atoms with E-state index in [1.165, 1.54) is 4.90 Å². The molecule has 2 heterocycles. The number of H-pyrrole nitrogens is 1. The van der Waals surface area contributed by atoms with Crippen LogP contribution in [-0.2, 0) is 16.0 Å². The molecule has 0 aliphatic carbocycles. The number of aryl methyl sites for hydroxylation is 1. The Morgan fingerprint density at radius 2 is 1.86 bits per heavy atom. The Kier molecular flexibility index (Phi) is 15.7. The molecule has 1 amide bonds. The molecule has 1 fully saturated rings. The number of hydrogen-bond donors (Lipinski definition) is 10. The normalized spacial score (nSPS) is 20.6. The zero-order valence-corrected chi connectivity index (χ0v) is 29.4. The number of guanidine groups is 2. The number of amides is 1. The molecule has 2 aromatic rings. The van der Waals surface area contributed by atoms with Crippen LogP contribution >= 0.6 is 0 Å². The molecule has 49 heavy (non-hydrogen) atoms. The quantitative estimate of drug-likeness (QED) is 0.0662. The van der Waals surface area contributed by atoms with Gasteiger partial charge in [0.1, 0.15) is 30.2 Å². The molecule has 13 N–H and O–H groups in total. The average molecular weight is 694 g/mol. The summed E-state index contributed by atoms with van der Waals surface area (Å²) in [5.74, 6) is 0.672. The number of primary amides is 1. The lowest BCUT2D eigenvalue weighted by atomic mass is 9.93. The molecule has 17 heteroatoms. The van der Waals surface area contributed by atoms with E-state index in [0.29, 0.717) is 26.1 Å². The van der Waals surface area contributed by atoms with Crippen LogP contribution in [0.25, 0.3) is 0 Å². The standard InChI is InChI=1S/C28H44N4O8.C4H11N5/c1-15(2)21-19(25(32-31-21)40-26-24(36)23(35)22(34)20(13-33)39-26)12-17-7-8-18(11-16(17)3)38-10-6-9-30-14-28(4,5)27(29)37;1-9(2)4(7)8-3(5)6/h7-8,11,15,20,22-24,26,30,33-36H,6,9-10,12-14H2,1-5H3,(H2,29,37)(H,31,32);1-2H3,(H5,5,6,7,8)/t20-,22-,23+,24-,26+;/m1./s1. The Bertz CT molecular complexity index is 1390. The van der Waals surface area contributed by atoms with Crippen molar-refractivity contribution < 1.29 is 39.4 Å². The second-order valence-electron chi connectivity index (χ2n) is 13.0. The van der Waals surface area contributed by atoms with Crippen LogP contribution in [-0.4, -0.2) is 124 Å². The first-order valence-corrected chi connectivity index (χ1v) is 16.0. The van der Waals surface area contributed by atoms with E-state index in [2.05, 4.69) is 20.5 Å². The second-order valence-corrected chi connectivity index (χ2v) is 13.0. The van der Waals surface area contributed by atoms with Gasteiger partial charge in [-0.25, -0.2) is 0 Å². The van der Waals surface area contributed by atoms with Crippen LogP contribution in [0.3, 0.4) is 0 Å². The molecule has 1 aromatic heterocycles. The minimum atomic E-state index is -1.55. The summed E-state index contributed by atoms with van der Waals surface area (Å²) in [5.41, 5.74) is 18.4. The number of nitrogens with zero attached hydrogens (tertiary/aromatic N) is 3. The molecular weight excluding hydrogens is 638 g/mol. The second kappa shape index (κ2) is 18.7. The number of aliphatic hydroxyl groups is 4. The molecule has 17 nitrogen and oxygen atoms in total. The molecule has 0 spiro atoms. The van der Waals surface area contributed by atoms with E-state index < -0.39 is 42.7 Å². The smallest absolute Gasteiger partial charge is 0.238 e. The number of aromatic amines is 1. The number of nitrogens with two attached hydrogens (primary N) is 3. The van der Waals surface area contributed by atoms with Crippen LogP contribution in [0.4, 0.5) is 0 Å². The van der Waals surface area contributed by atoms with Gasteiger partial charge in [-0.2, -0.15) is 4.99 Å². The first-order valence-electron chi connectivity index (χ1n) is 16.0. The van der Waals surface area contributed by atoms with Crippen molar-refractivity contribution in [2.75, 3.05) is 40.4 Å². The number of hydrogen-bond acceptors (Lipinski definition) is 11. The Balaban J connectivity index is 0.000000811. The molecule has 0 saturated carbocycles. The summed E-state index contributed by atoms with van der Waals surface area (Å²) < 4.78 is 17.3. The maximum absolute atomic E-state index is 11.4. The van der Waals surface area contributed by atoms with Gasteiger partial charge >= 0.3 is 0 Å². The van der Waals surface area contributed by atoms with Gasteiger partial charge in [0.15, 0.2) is 5.96 Å². The van der Waals surface area contributed by atoms with Gasteiger partial charge in [0.2, 0.25) is 24.0 Å². The van der Waals surface area contributed by atoms with Gasteiger partial charge in [-0.15, -0.1) is 5.10 Å². The minimum Gasteiger partial charge on any atom is -0.494 e. The summed E-state index contributed by atoms with van der Waals surface area (Å²) in [7, 11) is 3.38. The highest BCUT2D eigenvalue weighted by Crippen LogP contribution is 2.32. The van der Waals surface area contributed by atoms with Crippen LogP contribution in [0.2, 0.25) is 0 Å². The number of rotatable bonds is 14. The van der Waals surface area contributed by atoms with E-state index in [-0.39, 0.29) is 29.6 Å². The average Bonchev–Trinajstić information content (AvgIpc) is 3.42. The Hall–Kier alpha value is -4.00. The van der Waals surface area contributed by atoms with Crippen LogP contribution < -0.4 is 32.0 Å². The van der Waals surface area contributed by atoms with Crippen molar-refractivity contribution in [3.05, 3.63) is 40.6 Å². The highest BCUT2D eigenvalue weighted by molar-refractivity contribution is 5.91. The number of ether oxygens (including phenoxy) is 3. The lowest BCUT2D eigenvalue weighted by Gasteiger charge is -2.39. The first-order chi connectivity index (χ1) is 22.9. The van der Waals surface area contributed by atoms with Crippen molar-refractivity contribution in [1.29, 1.82) is 5.41 Å². The lowest BCUT2D eigenvalue weighted by molar-refractivity contribution is -0.278. The van der Waals surface area contributed by atoms with E-state index in [0.717, 1.165) is 34.6 Å². The fourth-order valence-corrected chi connectivity index (χ4v) is 4.63. The van der Waals surface area contributed by atoms with E-state index in [9.17, 15) is 25.2 Å². The van der Waals surface area contributed by atoms with Crippen molar-refractivity contribution in [3.63, 3.8) is 0 Å². The minimum absolute atomic E-state index is 0.0509. The third kappa shape index (κ3) is 12.1. The van der Waals surface area contributed by atoms with Gasteiger partial charge < -0.3 is 62.1 Å². The largest absolute Gasteiger partial charge is 0.494 e. The molecule has 1 aliphatic rings. The highest BCUT2D eigenvalue weighted by Gasteiger charge is 2.45. The van der Waals surface area contributed by atoms with Crippen LogP contribution in [0.1, 0.15) is 62.4 Å². The predicted molar refractivity (Wildman–Crippen MR) is 184 cm³/mol. The van der Waals surface area contributed by atoms with Crippen molar-refractivity contribution in [1.82, 2.24) is 20.4 Å². The molecule has 3 rings (SSSR count). The zero-order chi connectivity index (χ0) is 37.1. The van der Waals surface area contributed by atoms with Gasteiger partial charge in [-0.05, 0) is 62.9 Å². The summed E-state index contributed by atoms with van der Waals surface area (Å²) in [6, 6.07) is 5.85. The number of nitrogens with one attached hydrogen (secondary N) is 3. The number of aliphatic imine (C=N–C) groups is 1. The Labute approximate surface area is 287 Å². The zero-order valence-electron chi connectivity index (χ0n) is 29.4. The molecule has 0 unspecified atom stereocenters. The summed E-state index contributed by atoms with van der Waals surface area (Å²) >= 11 is 0. The summed E-state index contributed by atoms with van der Waals surface area (Å²) in [6.45, 7) is 10.8. The van der Waals surface area contributed by atoms with E-state index >= 15 is 0 Å². The van der Waals surface area contributed by atoms with Crippen LogP contribution in [0, 0.1) is 17.7 Å². The van der Waals surface area contributed by atoms with Gasteiger partial charge in [-0.3, -0.25) is 15.3 Å². The fourth-order valence-electron chi connectivity index (χ4n) is 4.63. The molecule has 1 aromatic carbocycles. The van der Waals surface area contributed by atoms with Gasteiger partial charge in [-0.1, -0.05) is 19.9 Å². The Morgan fingerprint density at radius 1 is 1.18 bits per heavy atom. The van der Waals surface area contributed by atoms with Crippen molar-refractivity contribution >= 4 is 17.8 Å². The third-order valence-electron chi connectivity index (χ3n) is 7.86. The highest BCUT2D eigenvalue weighted by atomic mass is 16.7. The topological polar surface area (TPSA) is 284 Å². The maximum atomic E-state index is 11.4. The predicted octanol–water partition coefficient (Wildman–Crippen LogP) is -0.763. The van der Waals surface area contributed by atoms with Gasteiger partial charge in [0.25, 0.3) is 0 Å². The van der Waals surface area contributed by atoms with Gasteiger partial charge in [0, 0.05) is 38.3 Å². The number of carbonyl (C=O) groups excluding carboxylic acids is 1. The maximum Gasteiger partial charge on any atom is 0.238 e. The number of aromatic nitrogens is 2. The molecule has 0 radical (unpaired) electrons. The van der Waals surface area contributed by atoms with Crippen LogP contribution in [0.15, 0.2) is 23.2 Å². The Morgan fingerprint density at radius 3 is 2.39 bits per heavy atom. The fraction of sp³-hybridized carbons (Fsp3) is 0.625. The van der Waals surface area contributed by atoms with Crippen molar-refractivity contribution in [2.45, 2.75) is 84.1 Å². The molecular formula is C32H55N9O8. The molecule has 0 bridgehead atoms. The van der Waals surface area contributed by atoms with Gasteiger partial charge in [0.05, 0.1) is 18.6 Å². The number of benzene rings is 1. The summed E-state index contributed by atoms with van der Waals surface area (Å²) in [6.07, 6.45) is -5.72. The van der Waals surface area contributed by atoms with E-state index in [4.69, 9.17) is 36.8 Å². The first kappa shape index (κ1) is 41.2. The van der Waals surface area contributed by atoms with Crippen LogP contribution in [0.5, 0.6) is 11.6 Å². The molecule has 5 atom stereocenters. The summed E-state index contributed by atoms with van der Waals surface area (Å²) in [5, 5.41) is 57.7. The van der Waals surface area contributed by atoms with E-state index in [1.54, 1.807) is 27.9 Å². The summed E-state index contributed by atoms with van der Waals surface area (Å²) in [4.78, 5) is 16.4. The molecule has 276 valence electrons. The molecule has 1 saturated heterocycles. The van der Waals surface area contributed by atoms with Crippen molar-refractivity contribution in [2.24, 2.45) is 27.6 Å². The SMILES string of the molecule is CN(C)C(=N)N=C(N)N.Cc1cc(OCCCNCC(C)(C)C(N)=O)ccc1Cc1c(O[C@@H]2O[C@H](CO)[C@@H](O)[C@H](O)[C@H]2O)n[nH]c1C(C)C. The van der Waals surface area contributed by atoms with E-state index in [1.807, 2.05) is 39.0 Å². The third-order valence-corrected chi connectivity index (χ3v) is 7.86. The molecule has 1 aliphatic heterocycles. The monoisotopic (exact) mass is 693 g/mol.